The molecule has 6 aromatic rings. The van der Waals surface area contributed by atoms with Crippen molar-refractivity contribution in [3.8, 4) is 29.6 Å². The van der Waals surface area contributed by atoms with E-state index in [-0.39, 0.29) is 79.8 Å². The molecule has 3 aromatic carbocycles. The molecule has 6 fully saturated rings. The first-order chi connectivity index (χ1) is 38.4. The van der Waals surface area contributed by atoms with E-state index in [1.54, 1.807) is 18.2 Å². The third-order valence-electron chi connectivity index (χ3n) is 18.5. The van der Waals surface area contributed by atoms with Crippen molar-refractivity contribution in [2.24, 2.45) is 18.9 Å². The highest BCUT2D eigenvalue weighted by molar-refractivity contribution is 6.06. The Morgan fingerprint density at radius 3 is 2.49 bits per heavy atom. The number of nitrogens with one attached hydrogen (secondary N) is 1. The maximum atomic E-state index is 17.6. The van der Waals surface area contributed by atoms with Crippen LogP contribution in [0.15, 0.2) is 54.6 Å². The van der Waals surface area contributed by atoms with Crippen LogP contribution in [0.25, 0.3) is 49.4 Å². The molecule has 1 N–H and O–H groups in total. The molecule has 3 amide bonds. The van der Waals surface area contributed by atoms with Gasteiger partial charge in [0.2, 0.25) is 11.8 Å². The molecule has 1 unspecified atom stereocenters. The van der Waals surface area contributed by atoms with Crippen LogP contribution in [-0.2, 0) is 26.1 Å². The van der Waals surface area contributed by atoms with Gasteiger partial charge in [0.05, 0.1) is 52.0 Å². The topological polar surface area (TPSA) is 160 Å². The molecule has 426 valence electrons. The second kappa shape index (κ2) is 22.6. The second-order valence-electron chi connectivity index (χ2n) is 23.1. The lowest BCUT2D eigenvalue weighted by molar-refractivity contribution is -0.134. The molecular weight excluding hydrogens is 1030 g/mol. The Balaban J connectivity index is 0.00000345. The number of fused-ring (bicyclic) bond motifs is 5. The number of benzene rings is 3. The van der Waals surface area contributed by atoms with Crippen molar-refractivity contribution in [2.75, 3.05) is 75.5 Å². The highest BCUT2D eigenvalue weighted by atomic mass is 19.1. The van der Waals surface area contributed by atoms with E-state index in [2.05, 4.69) is 50.2 Å². The second-order valence-corrected chi connectivity index (χ2v) is 23.1. The molecule has 0 aliphatic carbocycles. The number of anilines is 2. The molecular formula is C63H74F2N10O6. The van der Waals surface area contributed by atoms with Crippen LogP contribution in [0.4, 0.5) is 25.1 Å². The minimum absolute atomic E-state index is 0. The largest absolute Gasteiger partial charge is 0.461 e. The van der Waals surface area contributed by atoms with Gasteiger partial charge in [-0.2, -0.15) is 15.1 Å². The van der Waals surface area contributed by atoms with Gasteiger partial charge in [-0.05, 0) is 131 Å². The molecule has 0 saturated carbocycles. The van der Waals surface area contributed by atoms with Crippen LogP contribution in [0.3, 0.4) is 0 Å². The minimum atomic E-state index is -0.670. The number of hydrogen-bond acceptors (Lipinski definition) is 13. The maximum Gasteiger partial charge on any atom is 0.409 e. The van der Waals surface area contributed by atoms with Crippen LogP contribution in [0.2, 0.25) is 0 Å². The molecule has 16 nitrogen and oxygen atoms in total. The van der Waals surface area contributed by atoms with Crippen LogP contribution >= 0.6 is 0 Å². The number of rotatable bonds is 10. The zero-order chi connectivity index (χ0) is 54.1. The van der Waals surface area contributed by atoms with Crippen molar-refractivity contribution in [1.82, 2.24) is 39.8 Å². The first-order valence-corrected chi connectivity index (χ1v) is 28.4. The van der Waals surface area contributed by atoms with E-state index in [9.17, 15) is 14.4 Å². The third-order valence-corrected chi connectivity index (χ3v) is 18.5. The minimum Gasteiger partial charge on any atom is -0.461 e. The van der Waals surface area contributed by atoms with Crippen LogP contribution in [-0.4, -0.2) is 136 Å². The molecule has 0 radical (unpaired) electrons. The summed E-state index contributed by atoms with van der Waals surface area (Å²) in [5, 5.41) is 9.72. The number of carbonyl (C=O) groups excluding carboxylic acids is 3. The van der Waals surface area contributed by atoms with Crippen molar-refractivity contribution < 1.29 is 37.4 Å². The zero-order valence-corrected chi connectivity index (χ0v) is 44.9. The van der Waals surface area contributed by atoms with Gasteiger partial charge in [-0.25, -0.2) is 18.6 Å². The van der Waals surface area contributed by atoms with Crippen molar-refractivity contribution in [3.63, 3.8) is 0 Å². The number of aryl methyl sites for hydroxylation is 1. The Morgan fingerprint density at radius 2 is 1.70 bits per heavy atom. The summed E-state index contributed by atoms with van der Waals surface area (Å²) in [4.78, 5) is 62.0. The highest BCUT2D eigenvalue weighted by Gasteiger charge is 2.50. The van der Waals surface area contributed by atoms with Crippen LogP contribution in [0.1, 0.15) is 122 Å². The standard InChI is InChI=1S/C61H66F2N10O6.2CH4/c1-4-43-47(62)14-10-39-8-5-9-45(50(39)43)55-52(63)56-51-53(65-55)36(2)30-42-33-77-29-7-23-72(42)57(51)67-59(66-56)79-35-61-21-6-24-73(61)41(16-22-61)34-78-60(76)71-27-19-38(20-28-71)31-37-17-25-70(26-18-37)40-11-12-44-48(32-40)69(3)68-54(44)46-13-15-49(74)64-58(46)75;;/h1,5,8-12,14,30,32,37-38,41-42,46H,6-7,13,15-29,31,33-35H2,2-3H3,(H,64,74,75);2*1H4/t41-,42-,46?,61-;;/m0../s1. The van der Waals surface area contributed by atoms with Gasteiger partial charge in [0.1, 0.15) is 36.1 Å². The van der Waals surface area contributed by atoms with Crippen molar-refractivity contribution in [2.45, 2.75) is 122 Å². The lowest BCUT2D eigenvalue weighted by Gasteiger charge is -2.37. The quantitative estimate of drug-likeness (QED) is 0.102. The lowest BCUT2D eigenvalue weighted by Crippen LogP contribution is -2.48. The number of pyridine rings is 1. The third kappa shape index (κ3) is 10.1. The van der Waals surface area contributed by atoms with Gasteiger partial charge >= 0.3 is 12.1 Å². The van der Waals surface area contributed by atoms with E-state index in [4.69, 9.17) is 40.7 Å². The summed E-state index contributed by atoms with van der Waals surface area (Å²) in [7, 11) is 1.91. The fourth-order valence-corrected chi connectivity index (χ4v) is 14.3. The molecule has 3 aromatic heterocycles. The van der Waals surface area contributed by atoms with Gasteiger partial charge in [-0.15, -0.1) is 6.42 Å². The summed E-state index contributed by atoms with van der Waals surface area (Å²) >= 11 is 0. The molecule has 0 spiro atoms. The number of likely N-dealkylation sites (tertiary alicyclic amines) is 1. The van der Waals surface area contributed by atoms with E-state index in [0.717, 1.165) is 105 Å². The first kappa shape index (κ1) is 55.7. The summed E-state index contributed by atoms with van der Waals surface area (Å²) in [6, 6.07) is 14.6. The van der Waals surface area contributed by atoms with Crippen LogP contribution in [0, 0.1) is 35.8 Å². The molecule has 10 heterocycles. The number of carbonyl (C=O) groups is 3. The Bertz CT molecular complexity index is 3510. The van der Waals surface area contributed by atoms with Crippen molar-refractivity contribution in [3.05, 3.63) is 83.2 Å². The summed E-state index contributed by atoms with van der Waals surface area (Å²) < 4.78 is 53.5. The predicted octanol–water partition coefficient (Wildman–Crippen LogP) is 10.3. The SMILES string of the molecule is C.C.C#Cc1c(F)ccc2cccc(-c3nc4c5c(nc(OC[C@@]67CCCN6[C@H](COC(=O)N6CCC(CC8CCN(c9ccc%10c(C%11CCC(=O)NC%11=O)nn(C)c%10c9)CC8)CC6)CC7)nc5c3F)N3CCCOC[C@@H]3C=C4C)c12. The fraction of sp³-hybridized carbons (Fsp3) is 0.508. The van der Waals surface area contributed by atoms with Gasteiger partial charge in [0, 0.05) is 80.9 Å². The van der Waals surface area contributed by atoms with Crippen molar-refractivity contribution >= 4 is 67.6 Å². The average Bonchev–Trinajstić information content (AvgIpc) is 4.20. The van der Waals surface area contributed by atoms with E-state index < -0.39 is 17.6 Å². The number of ether oxygens (including phenoxy) is 3. The number of amides is 3. The normalized spacial score (nSPS) is 23.5. The number of allylic oxidation sites excluding steroid dienone is 1. The molecule has 6 saturated heterocycles. The molecule has 13 rings (SSSR count). The molecule has 18 heteroatoms. The molecule has 81 heavy (non-hydrogen) atoms. The van der Waals surface area contributed by atoms with E-state index in [1.807, 2.05) is 29.6 Å². The highest BCUT2D eigenvalue weighted by Crippen LogP contribution is 2.46. The molecule has 7 aliphatic rings. The predicted molar refractivity (Wildman–Crippen MR) is 310 cm³/mol. The van der Waals surface area contributed by atoms with E-state index in [1.165, 1.54) is 12.5 Å². The number of piperidine rings is 3. The van der Waals surface area contributed by atoms with Crippen LogP contribution < -0.4 is 19.9 Å². The Labute approximate surface area is 472 Å². The molecule has 4 atom stereocenters. The number of hydrogen-bond donors (Lipinski definition) is 1. The number of nitrogens with zero attached hydrogens (tertiary/aromatic N) is 9. The first-order valence-electron chi connectivity index (χ1n) is 28.4. The van der Waals surface area contributed by atoms with Crippen LogP contribution in [0.5, 0.6) is 6.01 Å². The van der Waals surface area contributed by atoms with Gasteiger partial charge < -0.3 is 28.9 Å². The van der Waals surface area contributed by atoms with E-state index >= 15 is 8.78 Å². The van der Waals surface area contributed by atoms with Gasteiger partial charge in [0.25, 0.3) is 0 Å². The zero-order valence-electron chi connectivity index (χ0n) is 44.9. The van der Waals surface area contributed by atoms with Gasteiger partial charge in [0.15, 0.2) is 5.82 Å². The number of imide groups is 1. The number of terminal acetylenes is 1. The van der Waals surface area contributed by atoms with Gasteiger partial charge in [-0.1, -0.05) is 51.1 Å². The molecule has 7 aliphatic heterocycles. The van der Waals surface area contributed by atoms with E-state index in [0.29, 0.717) is 97.4 Å². The molecule has 0 bridgehead atoms. The summed E-state index contributed by atoms with van der Waals surface area (Å²) in [5.41, 5.74) is 4.40. The Morgan fingerprint density at radius 1 is 0.901 bits per heavy atom. The lowest BCUT2D eigenvalue weighted by atomic mass is 9.83. The average molecular weight is 1110 g/mol. The van der Waals surface area contributed by atoms with Crippen molar-refractivity contribution in [1.29, 1.82) is 0 Å². The number of halogens is 2. The number of aromatic nitrogens is 5. The Hall–Kier alpha value is -7.23. The summed E-state index contributed by atoms with van der Waals surface area (Å²) in [6.07, 6.45) is 18.2. The monoisotopic (exact) mass is 1100 g/mol. The summed E-state index contributed by atoms with van der Waals surface area (Å²) in [5.74, 6) is 2.08. The van der Waals surface area contributed by atoms with Gasteiger partial charge in [-0.3, -0.25) is 24.5 Å². The fourth-order valence-electron chi connectivity index (χ4n) is 14.3. The smallest absolute Gasteiger partial charge is 0.409 e. The maximum absolute atomic E-state index is 17.6. The summed E-state index contributed by atoms with van der Waals surface area (Å²) in [6.45, 7) is 8.38. The Kier molecular flexibility index (Phi) is 15.5.